The molecule has 0 unspecified atom stereocenters. The molecule has 3 heterocycles. The topological polar surface area (TPSA) is 95.5 Å². The van der Waals surface area contributed by atoms with E-state index in [2.05, 4.69) is 20.9 Å². The fourth-order valence-corrected chi connectivity index (χ4v) is 5.41. The summed E-state index contributed by atoms with van der Waals surface area (Å²) in [5.41, 5.74) is 1.68. The fourth-order valence-electron chi connectivity index (χ4n) is 4.27. The fraction of sp³-hybridized carbons (Fsp3) is 0.200. The normalized spacial score (nSPS) is 21.3. The first-order chi connectivity index (χ1) is 16.5. The molecule has 1 aromatic heterocycles. The van der Waals surface area contributed by atoms with Crippen molar-refractivity contribution < 1.29 is 14.0 Å². The molecule has 0 spiro atoms. The molecule has 0 bridgehead atoms. The summed E-state index contributed by atoms with van der Waals surface area (Å²) in [6.07, 6.45) is 1.01. The van der Waals surface area contributed by atoms with E-state index in [1.54, 1.807) is 18.2 Å². The van der Waals surface area contributed by atoms with Crippen LogP contribution in [0.5, 0.6) is 0 Å². The van der Waals surface area contributed by atoms with E-state index in [1.165, 1.54) is 23.9 Å². The zero-order chi connectivity index (χ0) is 23.5. The number of pyridine rings is 1. The Morgan fingerprint density at radius 2 is 1.88 bits per heavy atom. The third-order valence-corrected chi connectivity index (χ3v) is 7.06. The number of hydrogen-bond donors (Lipinski definition) is 3. The van der Waals surface area contributed by atoms with Gasteiger partial charge in [-0.2, -0.15) is 0 Å². The molecule has 3 aromatic rings. The maximum atomic E-state index is 13.1. The summed E-state index contributed by atoms with van der Waals surface area (Å²) in [5.74, 6) is -0.0783. The number of amides is 2. The summed E-state index contributed by atoms with van der Waals surface area (Å²) in [5, 5.41) is 9.80. The average molecular weight is 476 g/mol. The van der Waals surface area contributed by atoms with Gasteiger partial charge >= 0.3 is 0 Å². The van der Waals surface area contributed by atoms with Gasteiger partial charge in [0.05, 0.1) is 6.20 Å². The minimum absolute atomic E-state index is 0.128. The lowest BCUT2D eigenvalue weighted by Crippen LogP contribution is -2.42. The lowest BCUT2D eigenvalue weighted by Gasteiger charge is -2.36. The molecule has 0 saturated carbocycles. The highest BCUT2D eigenvalue weighted by Crippen LogP contribution is 2.43. The molecular formula is C25H22FN5O2S. The lowest BCUT2D eigenvalue weighted by molar-refractivity contribution is 0.0976. The summed E-state index contributed by atoms with van der Waals surface area (Å²) in [6, 6.07) is 19.1. The molecule has 2 aliphatic heterocycles. The number of aromatic nitrogens is 1. The van der Waals surface area contributed by atoms with Crippen molar-refractivity contribution in [3.63, 3.8) is 0 Å². The molecule has 3 N–H and O–H groups in total. The Morgan fingerprint density at radius 1 is 1.03 bits per heavy atom. The van der Waals surface area contributed by atoms with Gasteiger partial charge in [0.25, 0.3) is 11.8 Å². The maximum Gasteiger partial charge on any atom is 0.274 e. The Hall–Kier alpha value is -3.56. The van der Waals surface area contributed by atoms with E-state index in [0.29, 0.717) is 23.0 Å². The van der Waals surface area contributed by atoms with Crippen LogP contribution in [0.15, 0.2) is 77.9 Å². The quantitative estimate of drug-likeness (QED) is 0.538. The van der Waals surface area contributed by atoms with Gasteiger partial charge in [-0.1, -0.05) is 42.1 Å². The second kappa shape index (κ2) is 9.36. The van der Waals surface area contributed by atoms with Crippen molar-refractivity contribution in [1.82, 2.24) is 15.6 Å². The Labute approximate surface area is 200 Å². The Kier molecular flexibility index (Phi) is 6.12. The molecule has 2 amide bonds. The third-order valence-electron chi connectivity index (χ3n) is 6.02. The van der Waals surface area contributed by atoms with E-state index in [9.17, 15) is 14.0 Å². The second-order valence-corrected chi connectivity index (χ2v) is 9.21. The van der Waals surface area contributed by atoms with E-state index in [-0.39, 0.29) is 17.5 Å². The van der Waals surface area contributed by atoms with Crippen molar-refractivity contribution in [2.45, 2.75) is 5.54 Å². The number of carbonyl (C=O) groups excluding carboxylic acids is 2. The Balaban J connectivity index is 1.40. The third kappa shape index (κ3) is 4.44. The van der Waals surface area contributed by atoms with Crippen LogP contribution in [0.2, 0.25) is 0 Å². The van der Waals surface area contributed by atoms with Gasteiger partial charge in [-0.05, 0) is 42.0 Å². The van der Waals surface area contributed by atoms with E-state index in [1.807, 2.05) is 36.4 Å². The van der Waals surface area contributed by atoms with Crippen LogP contribution in [0, 0.1) is 11.7 Å². The van der Waals surface area contributed by atoms with Crippen LogP contribution >= 0.6 is 11.8 Å². The molecular weight excluding hydrogens is 453 g/mol. The predicted molar refractivity (Wildman–Crippen MR) is 130 cm³/mol. The summed E-state index contributed by atoms with van der Waals surface area (Å²) in [7, 11) is 0. The van der Waals surface area contributed by atoms with Crippen LogP contribution < -0.4 is 16.0 Å². The smallest absolute Gasteiger partial charge is 0.274 e. The van der Waals surface area contributed by atoms with Crippen molar-refractivity contribution in [3.05, 3.63) is 95.6 Å². The Bertz CT molecular complexity index is 1250. The highest BCUT2D eigenvalue weighted by molar-refractivity contribution is 8.13. The molecule has 5 rings (SSSR count). The van der Waals surface area contributed by atoms with Crippen LogP contribution in [0.25, 0.3) is 0 Å². The molecule has 7 nitrogen and oxygen atoms in total. The summed E-state index contributed by atoms with van der Waals surface area (Å²) in [6.45, 7) is 1.44. The number of rotatable bonds is 4. The van der Waals surface area contributed by atoms with Gasteiger partial charge < -0.3 is 16.0 Å². The number of hydrogen-bond acceptors (Lipinski definition) is 6. The number of amidine groups is 1. The second-order valence-electron chi connectivity index (χ2n) is 8.20. The van der Waals surface area contributed by atoms with Crippen LogP contribution in [0.4, 0.5) is 10.1 Å². The molecule has 9 heteroatoms. The van der Waals surface area contributed by atoms with E-state index >= 15 is 0 Å². The van der Waals surface area contributed by atoms with Gasteiger partial charge in [0, 0.05) is 36.0 Å². The van der Waals surface area contributed by atoms with Gasteiger partial charge in [-0.25, -0.2) is 14.4 Å². The standard InChI is InChI=1S/C25H22FN5O2S/c26-19-9-10-21(28-13-19)23(33)29-20-8-4-7-17(11-20)25-15-27-12-18(25)14-34-24(31-25)30-22(32)16-5-2-1-3-6-16/h1-11,13,18,27H,12,14-15H2,(H,29,33)(H,30,31,32)/t18-,25+/m0/s1. The molecule has 1 fully saturated rings. The minimum Gasteiger partial charge on any atom is -0.321 e. The first-order valence-corrected chi connectivity index (χ1v) is 11.9. The molecule has 0 aliphatic carbocycles. The van der Waals surface area contributed by atoms with Crippen LogP contribution in [-0.4, -0.2) is 40.8 Å². The molecule has 34 heavy (non-hydrogen) atoms. The van der Waals surface area contributed by atoms with Gasteiger partial charge in [-0.3, -0.25) is 9.59 Å². The number of benzene rings is 2. The molecule has 2 atom stereocenters. The SMILES string of the molecule is O=C(NC1=N[C@@]2(c3cccc(NC(=O)c4ccc(F)cn4)c3)CNC[C@H]2CS1)c1ccccc1. The van der Waals surface area contributed by atoms with E-state index < -0.39 is 17.3 Å². The Morgan fingerprint density at radius 3 is 2.68 bits per heavy atom. The van der Waals surface area contributed by atoms with Crippen LogP contribution in [-0.2, 0) is 5.54 Å². The van der Waals surface area contributed by atoms with Crippen LogP contribution in [0.1, 0.15) is 26.4 Å². The first-order valence-electron chi connectivity index (χ1n) is 10.9. The van der Waals surface area contributed by atoms with Crippen LogP contribution in [0.3, 0.4) is 0 Å². The van der Waals surface area contributed by atoms with Crippen molar-refractivity contribution >= 4 is 34.4 Å². The van der Waals surface area contributed by atoms with Crippen molar-refractivity contribution in [2.75, 3.05) is 24.2 Å². The summed E-state index contributed by atoms with van der Waals surface area (Å²) < 4.78 is 13.1. The highest BCUT2D eigenvalue weighted by Gasteiger charge is 2.47. The number of fused-ring (bicyclic) bond motifs is 1. The summed E-state index contributed by atoms with van der Waals surface area (Å²) >= 11 is 1.54. The maximum absolute atomic E-state index is 13.1. The van der Waals surface area contributed by atoms with Crippen molar-refractivity contribution in [3.8, 4) is 0 Å². The number of anilines is 1. The monoisotopic (exact) mass is 475 g/mol. The van der Waals surface area contributed by atoms with Gasteiger partial charge in [0.2, 0.25) is 0 Å². The van der Waals surface area contributed by atoms with Crippen molar-refractivity contribution in [1.29, 1.82) is 0 Å². The van der Waals surface area contributed by atoms with E-state index in [4.69, 9.17) is 4.99 Å². The number of nitrogens with one attached hydrogen (secondary N) is 3. The zero-order valence-corrected chi connectivity index (χ0v) is 18.9. The van der Waals surface area contributed by atoms with Gasteiger partial charge in [0.15, 0.2) is 5.17 Å². The molecule has 2 aromatic carbocycles. The number of carbonyl (C=O) groups is 2. The van der Waals surface area contributed by atoms with E-state index in [0.717, 1.165) is 24.1 Å². The molecule has 0 radical (unpaired) electrons. The zero-order valence-electron chi connectivity index (χ0n) is 18.1. The van der Waals surface area contributed by atoms with Crippen molar-refractivity contribution in [2.24, 2.45) is 10.9 Å². The van der Waals surface area contributed by atoms with Gasteiger partial charge in [-0.15, -0.1) is 0 Å². The summed E-state index contributed by atoms with van der Waals surface area (Å²) in [4.78, 5) is 34.1. The number of halogens is 1. The molecule has 2 aliphatic rings. The minimum atomic E-state index is -0.556. The molecule has 1 saturated heterocycles. The molecule has 172 valence electrons. The number of thioether (sulfide) groups is 1. The predicted octanol–water partition coefficient (Wildman–Crippen LogP) is 3.42. The highest BCUT2D eigenvalue weighted by atomic mass is 32.2. The number of aliphatic imine (C=N–C) groups is 1. The largest absolute Gasteiger partial charge is 0.321 e. The lowest BCUT2D eigenvalue weighted by atomic mass is 9.81. The number of nitrogens with zero attached hydrogens (tertiary/aromatic N) is 2. The first kappa shape index (κ1) is 22.2. The average Bonchev–Trinajstić information content (AvgIpc) is 3.30. The van der Waals surface area contributed by atoms with Gasteiger partial charge in [0.1, 0.15) is 17.1 Å².